The lowest BCUT2D eigenvalue weighted by molar-refractivity contribution is -0.127. The highest BCUT2D eigenvalue weighted by Crippen LogP contribution is 2.35. The number of likely N-dealkylation sites (tertiary alicyclic amines) is 1. The number of aromatic nitrogens is 2. The van der Waals surface area contributed by atoms with Gasteiger partial charge in [-0.05, 0) is 25.2 Å². The highest BCUT2D eigenvalue weighted by atomic mass is 16.5. The molecule has 1 amide bonds. The van der Waals surface area contributed by atoms with E-state index in [0.29, 0.717) is 6.04 Å². The number of ether oxygens (including phenoxy) is 1. The number of aryl methyl sites for hydroxylation is 1. The van der Waals surface area contributed by atoms with Gasteiger partial charge in [0.05, 0.1) is 24.0 Å². The number of amides is 1. The van der Waals surface area contributed by atoms with Gasteiger partial charge < -0.3 is 14.6 Å². The lowest BCUT2D eigenvalue weighted by Crippen LogP contribution is -2.38. The molecule has 2 aliphatic heterocycles. The lowest BCUT2D eigenvalue weighted by Gasteiger charge is -2.21. The molecular weight excluding hydrogens is 280 g/mol. The maximum absolute atomic E-state index is 12.5. The van der Waals surface area contributed by atoms with Crippen LogP contribution < -0.4 is 5.32 Å². The fraction of sp³-hybridized carbons (Fsp3) is 0.750. The van der Waals surface area contributed by atoms with Gasteiger partial charge in [-0.25, -0.2) is 4.98 Å². The second kappa shape index (κ2) is 5.66. The molecule has 0 bridgehead atoms. The first kappa shape index (κ1) is 14.2. The molecule has 3 aliphatic rings. The van der Waals surface area contributed by atoms with E-state index in [4.69, 9.17) is 4.74 Å². The molecule has 0 spiro atoms. The molecule has 0 unspecified atom stereocenters. The molecule has 1 aliphatic carbocycles. The third kappa shape index (κ3) is 2.65. The Hall–Kier alpha value is -1.40. The third-order valence-corrected chi connectivity index (χ3v) is 5.28. The molecule has 4 rings (SSSR count). The molecule has 1 aromatic heterocycles. The maximum Gasteiger partial charge on any atom is 0.227 e. The molecule has 3 fully saturated rings. The van der Waals surface area contributed by atoms with Crippen molar-refractivity contribution in [2.75, 3.05) is 19.7 Å². The Kier molecular flexibility index (Phi) is 3.66. The van der Waals surface area contributed by atoms with Crippen LogP contribution in [-0.4, -0.2) is 52.2 Å². The van der Waals surface area contributed by atoms with Crippen molar-refractivity contribution in [1.82, 2.24) is 19.8 Å². The molecule has 6 heteroatoms. The Bertz CT molecular complexity index is 554. The third-order valence-electron chi connectivity index (χ3n) is 5.28. The van der Waals surface area contributed by atoms with Gasteiger partial charge in [0.25, 0.3) is 0 Å². The molecule has 0 aromatic carbocycles. The van der Waals surface area contributed by atoms with E-state index < -0.39 is 0 Å². The molecule has 22 heavy (non-hydrogen) atoms. The average Bonchev–Trinajstić information content (AvgIpc) is 2.90. The molecule has 120 valence electrons. The zero-order chi connectivity index (χ0) is 15.1. The van der Waals surface area contributed by atoms with Gasteiger partial charge >= 0.3 is 0 Å². The van der Waals surface area contributed by atoms with Gasteiger partial charge in [0, 0.05) is 45.5 Å². The van der Waals surface area contributed by atoms with Gasteiger partial charge in [-0.15, -0.1) is 0 Å². The quantitative estimate of drug-likeness (QED) is 0.862. The maximum atomic E-state index is 12.5. The minimum atomic E-state index is -0.0283. The van der Waals surface area contributed by atoms with Crippen LogP contribution in [0.1, 0.15) is 25.0 Å². The van der Waals surface area contributed by atoms with Gasteiger partial charge in [-0.2, -0.15) is 0 Å². The molecule has 3 atom stereocenters. The predicted molar refractivity (Wildman–Crippen MR) is 81.0 cm³/mol. The Labute approximate surface area is 130 Å². The van der Waals surface area contributed by atoms with E-state index in [2.05, 4.69) is 15.2 Å². The van der Waals surface area contributed by atoms with Crippen molar-refractivity contribution < 1.29 is 9.53 Å². The molecule has 3 heterocycles. The summed E-state index contributed by atoms with van der Waals surface area (Å²) in [6, 6.07) is 0.367. The standard InChI is InChI=1S/C16H24N4O2/c1-19-10-17-7-12(19)8-20-9-13(15-14(20)4-5-22-15)16(21)18-6-11-2-3-11/h7,10-11,13-15H,2-6,8-9H2,1H3,(H,18,21)/t13-,14+,15+/m0/s1. The zero-order valence-electron chi connectivity index (χ0n) is 13.1. The first-order valence-electron chi connectivity index (χ1n) is 8.31. The first-order valence-corrected chi connectivity index (χ1v) is 8.31. The summed E-state index contributed by atoms with van der Waals surface area (Å²) in [6.45, 7) is 3.24. The van der Waals surface area contributed by atoms with Crippen LogP contribution in [0.4, 0.5) is 0 Å². The number of carbonyl (C=O) groups excluding carboxylic acids is 1. The van der Waals surface area contributed by atoms with Gasteiger partial charge in [0.15, 0.2) is 0 Å². The van der Waals surface area contributed by atoms with Crippen LogP contribution in [0.25, 0.3) is 0 Å². The van der Waals surface area contributed by atoms with Gasteiger partial charge in [0.1, 0.15) is 0 Å². The molecule has 2 saturated heterocycles. The van der Waals surface area contributed by atoms with Crippen LogP contribution in [0, 0.1) is 11.8 Å². The molecule has 6 nitrogen and oxygen atoms in total. The largest absolute Gasteiger partial charge is 0.376 e. The number of hydrogen-bond donors (Lipinski definition) is 1. The van der Waals surface area contributed by atoms with Crippen LogP contribution >= 0.6 is 0 Å². The number of hydrogen-bond acceptors (Lipinski definition) is 4. The van der Waals surface area contributed by atoms with Crippen molar-refractivity contribution in [3.05, 3.63) is 18.2 Å². The van der Waals surface area contributed by atoms with Crippen molar-refractivity contribution in [2.24, 2.45) is 18.9 Å². The second-order valence-corrected chi connectivity index (χ2v) is 6.91. The summed E-state index contributed by atoms with van der Waals surface area (Å²) >= 11 is 0. The van der Waals surface area contributed by atoms with E-state index in [0.717, 1.165) is 38.6 Å². The highest BCUT2D eigenvalue weighted by molar-refractivity contribution is 5.80. The number of nitrogens with one attached hydrogen (secondary N) is 1. The van der Waals surface area contributed by atoms with E-state index in [-0.39, 0.29) is 17.9 Å². The Morgan fingerprint density at radius 1 is 1.45 bits per heavy atom. The van der Waals surface area contributed by atoms with Crippen molar-refractivity contribution in [3.8, 4) is 0 Å². The molecule has 1 N–H and O–H groups in total. The molecule has 1 aromatic rings. The zero-order valence-corrected chi connectivity index (χ0v) is 13.1. The predicted octanol–water partition coefficient (Wildman–Crippen LogP) is 0.536. The van der Waals surface area contributed by atoms with Crippen molar-refractivity contribution >= 4 is 5.91 Å². The van der Waals surface area contributed by atoms with Crippen LogP contribution in [-0.2, 0) is 23.1 Å². The fourth-order valence-electron chi connectivity index (χ4n) is 3.72. The average molecular weight is 304 g/mol. The Morgan fingerprint density at radius 3 is 3.05 bits per heavy atom. The number of imidazole rings is 1. The number of carbonyl (C=O) groups is 1. The Morgan fingerprint density at radius 2 is 2.32 bits per heavy atom. The van der Waals surface area contributed by atoms with Crippen molar-refractivity contribution in [2.45, 2.75) is 38.0 Å². The fourth-order valence-corrected chi connectivity index (χ4v) is 3.72. The van der Waals surface area contributed by atoms with Crippen molar-refractivity contribution in [1.29, 1.82) is 0 Å². The van der Waals surface area contributed by atoms with Crippen molar-refractivity contribution in [3.63, 3.8) is 0 Å². The monoisotopic (exact) mass is 304 g/mol. The SMILES string of the molecule is Cn1cncc1CN1C[C@H](C(=O)NCC2CC2)[C@H]2OCC[C@H]21. The number of rotatable bonds is 5. The van der Waals surface area contributed by atoms with Crippen LogP contribution in [0.5, 0.6) is 0 Å². The van der Waals surface area contributed by atoms with Crippen LogP contribution in [0.2, 0.25) is 0 Å². The topological polar surface area (TPSA) is 59.4 Å². The summed E-state index contributed by atoms with van der Waals surface area (Å²) in [7, 11) is 2.01. The summed E-state index contributed by atoms with van der Waals surface area (Å²) < 4.78 is 7.93. The summed E-state index contributed by atoms with van der Waals surface area (Å²) in [5, 5.41) is 3.13. The van der Waals surface area contributed by atoms with Crippen LogP contribution in [0.15, 0.2) is 12.5 Å². The summed E-state index contributed by atoms with van der Waals surface area (Å²) in [4.78, 5) is 19.1. The van der Waals surface area contributed by atoms with E-state index in [1.54, 1.807) is 0 Å². The van der Waals surface area contributed by atoms with Gasteiger partial charge in [-0.1, -0.05) is 0 Å². The molecular formula is C16H24N4O2. The minimum Gasteiger partial charge on any atom is -0.376 e. The van der Waals surface area contributed by atoms with Gasteiger partial charge in [-0.3, -0.25) is 9.69 Å². The van der Waals surface area contributed by atoms with E-state index in [1.807, 2.05) is 24.1 Å². The lowest BCUT2D eigenvalue weighted by atomic mass is 10.0. The van der Waals surface area contributed by atoms with E-state index >= 15 is 0 Å². The minimum absolute atomic E-state index is 0.0283. The second-order valence-electron chi connectivity index (χ2n) is 6.91. The summed E-state index contributed by atoms with van der Waals surface area (Å²) in [6.07, 6.45) is 7.35. The normalized spacial score (nSPS) is 31.4. The van der Waals surface area contributed by atoms with E-state index in [1.165, 1.54) is 18.5 Å². The highest BCUT2D eigenvalue weighted by Gasteiger charge is 2.48. The van der Waals surface area contributed by atoms with Crippen LogP contribution in [0.3, 0.4) is 0 Å². The van der Waals surface area contributed by atoms with E-state index in [9.17, 15) is 4.79 Å². The smallest absolute Gasteiger partial charge is 0.227 e. The molecule has 1 saturated carbocycles. The molecule has 0 radical (unpaired) electrons. The summed E-state index contributed by atoms with van der Waals surface area (Å²) in [5.41, 5.74) is 1.18. The Balaban J connectivity index is 1.43. The number of nitrogens with zero attached hydrogens (tertiary/aromatic N) is 3. The summed E-state index contributed by atoms with van der Waals surface area (Å²) in [5.74, 6) is 0.868. The van der Waals surface area contributed by atoms with Gasteiger partial charge in [0.2, 0.25) is 5.91 Å². The first-order chi connectivity index (χ1) is 10.7. The number of fused-ring (bicyclic) bond motifs is 1.